The molecule has 0 amide bonds. The summed E-state index contributed by atoms with van der Waals surface area (Å²) in [5, 5.41) is 11.5. The number of aliphatic hydroxyl groups is 1. The molecule has 0 bridgehead atoms. The normalized spacial score (nSPS) is 12.4. The minimum Gasteiger partial charge on any atom is -0.491 e. The molecule has 0 saturated carbocycles. The van der Waals surface area contributed by atoms with E-state index in [1.807, 2.05) is 29.2 Å². The zero-order valence-electron chi connectivity index (χ0n) is 16.1. The first kappa shape index (κ1) is 21.8. The fourth-order valence-corrected chi connectivity index (χ4v) is 3.50. The Morgan fingerprint density at radius 1 is 1.28 bits per heavy atom. The summed E-state index contributed by atoms with van der Waals surface area (Å²) in [5.74, 6) is 1.24. The maximum absolute atomic E-state index is 12.3. The van der Waals surface area contributed by atoms with Crippen LogP contribution in [0, 0.1) is 0 Å². The van der Waals surface area contributed by atoms with Gasteiger partial charge in [0, 0.05) is 16.0 Å². The number of ether oxygens (including phenoxy) is 1. The molecular weight excluding hydrogens is 458 g/mol. The van der Waals surface area contributed by atoms with Gasteiger partial charge in [-0.25, -0.2) is 4.98 Å². The summed E-state index contributed by atoms with van der Waals surface area (Å²) in [6, 6.07) is 12.5. The Kier molecular flexibility index (Phi) is 7.66. The lowest BCUT2D eigenvalue weighted by molar-refractivity contribution is 0.0647. The van der Waals surface area contributed by atoms with E-state index in [1.165, 1.54) is 0 Å². The van der Waals surface area contributed by atoms with E-state index < -0.39 is 6.10 Å². The SMILES string of the molecule is CCCN(Cc1nc2cc(Cl)ccc2c(=O)[nH]1)C[C@H](O)COc1ccc(Br)cc1. The number of fused-ring (bicyclic) bond motifs is 1. The molecule has 0 aliphatic heterocycles. The fourth-order valence-electron chi connectivity index (χ4n) is 3.07. The molecule has 1 heterocycles. The maximum atomic E-state index is 12.3. The quantitative estimate of drug-likeness (QED) is 0.484. The molecule has 2 aromatic carbocycles. The molecule has 154 valence electrons. The molecule has 0 fully saturated rings. The van der Waals surface area contributed by atoms with Gasteiger partial charge in [0.25, 0.3) is 5.56 Å². The predicted molar refractivity (Wildman–Crippen MR) is 119 cm³/mol. The number of H-pyrrole nitrogens is 1. The highest BCUT2D eigenvalue weighted by atomic mass is 79.9. The van der Waals surface area contributed by atoms with E-state index in [0.717, 1.165) is 17.4 Å². The zero-order valence-corrected chi connectivity index (χ0v) is 18.4. The van der Waals surface area contributed by atoms with Crippen LogP contribution in [0.3, 0.4) is 0 Å². The molecule has 0 unspecified atom stereocenters. The molecular formula is C21H23BrClN3O3. The smallest absolute Gasteiger partial charge is 0.258 e. The van der Waals surface area contributed by atoms with Crippen LogP contribution >= 0.6 is 27.5 Å². The van der Waals surface area contributed by atoms with E-state index in [9.17, 15) is 9.90 Å². The Balaban J connectivity index is 1.65. The monoisotopic (exact) mass is 479 g/mol. The van der Waals surface area contributed by atoms with Crippen molar-refractivity contribution in [2.24, 2.45) is 0 Å². The van der Waals surface area contributed by atoms with Crippen LogP contribution in [0.5, 0.6) is 5.75 Å². The number of halogens is 2. The Hall–Kier alpha value is -1.93. The number of hydrogen-bond donors (Lipinski definition) is 2. The van der Waals surface area contributed by atoms with E-state index in [1.54, 1.807) is 18.2 Å². The van der Waals surface area contributed by atoms with E-state index in [-0.39, 0.29) is 12.2 Å². The number of nitrogens with zero attached hydrogens (tertiary/aromatic N) is 2. The zero-order chi connectivity index (χ0) is 20.8. The number of aromatic nitrogens is 2. The summed E-state index contributed by atoms with van der Waals surface area (Å²) in [6.45, 7) is 3.82. The van der Waals surface area contributed by atoms with Crippen LogP contribution in [0.2, 0.25) is 5.02 Å². The van der Waals surface area contributed by atoms with Crippen LogP contribution in [0.4, 0.5) is 0 Å². The van der Waals surface area contributed by atoms with Gasteiger partial charge in [0.15, 0.2) is 0 Å². The third-order valence-electron chi connectivity index (χ3n) is 4.36. The highest BCUT2D eigenvalue weighted by Gasteiger charge is 2.15. The lowest BCUT2D eigenvalue weighted by Gasteiger charge is -2.24. The van der Waals surface area contributed by atoms with Gasteiger partial charge in [-0.3, -0.25) is 9.69 Å². The molecule has 3 rings (SSSR count). The van der Waals surface area contributed by atoms with Crippen LogP contribution in [0.15, 0.2) is 51.7 Å². The summed E-state index contributed by atoms with van der Waals surface area (Å²) in [7, 11) is 0. The number of aliphatic hydroxyl groups excluding tert-OH is 1. The van der Waals surface area contributed by atoms with Crippen LogP contribution < -0.4 is 10.3 Å². The van der Waals surface area contributed by atoms with Gasteiger partial charge < -0.3 is 14.8 Å². The van der Waals surface area contributed by atoms with E-state index in [0.29, 0.717) is 40.6 Å². The molecule has 0 aliphatic carbocycles. The second-order valence-electron chi connectivity index (χ2n) is 6.83. The number of hydrogen-bond acceptors (Lipinski definition) is 5. The first-order valence-electron chi connectivity index (χ1n) is 9.42. The van der Waals surface area contributed by atoms with Gasteiger partial charge in [-0.05, 0) is 55.4 Å². The van der Waals surface area contributed by atoms with Crippen LogP contribution in [0.25, 0.3) is 10.9 Å². The molecule has 0 radical (unpaired) electrons. The summed E-state index contributed by atoms with van der Waals surface area (Å²) >= 11 is 9.41. The summed E-state index contributed by atoms with van der Waals surface area (Å²) in [5.41, 5.74) is 0.365. The lowest BCUT2D eigenvalue weighted by Crippen LogP contribution is -2.36. The highest BCUT2D eigenvalue weighted by Crippen LogP contribution is 2.17. The van der Waals surface area contributed by atoms with E-state index in [2.05, 4.69) is 32.8 Å². The summed E-state index contributed by atoms with van der Waals surface area (Å²) in [6.07, 6.45) is 0.232. The number of benzene rings is 2. The van der Waals surface area contributed by atoms with Crippen molar-refractivity contribution in [3.05, 3.63) is 68.1 Å². The average molecular weight is 481 g/mol. The maximum Gasteiger partial charge on any atom is 0.258 e. The van der Waals surface area contributed by atoms with E-state index in [4.69, 9.17) is 16.3 Å². The lowest BCUT2D eigenvalue weighted by atomic mass is 10.2. The van der Waals surface area contributed by atoms with Crippen molar-refractivity contribution in [1.29, 1.82) is 0 Å². The topological polar surface area (TPSA) is 78.5 Å². The van der Waals surface area contributed by atoms with Gasteiger partial charge in [-0.2, -0.15) is 0 Å². The molecule has 1 atom stereocenters. The van der Waals surface area contributed by atoms with Crippen molar-refractivity contribution in [3.8, 4) is 5.75 Å². The van der Waals surface area contributed by atoms with Crippen molar-refractivity contribution < 1.29 is 9.84 Å². The van der Waals surface area contributed by atoms with Gasteiger partial charge in [-0.1, -0.05) is 34.5 Å². The van der Waals surface area contributed by atoms with E-state index >= 15 is 0 Å². The van der Waals surface area contributed by atoms with Crippen molar-refractivity contribution >= 4 is 38.4 Å². The molecule has 29 heavy (non-hydrogen) atoms. The average Bonchev–Trinajstić information content (AvgIpc) is 2.67. The highest BCUT2D eigenvalue weighted by molar-refractivity contribution is 9.10. The molecule has 0 saturated heterocycles. The van der Waals surface area contributed by atoms with Crippen molar-refractivity contribution in [3.63, 3.8) is 0 Å². The molecule has 0 spiro atoms. The molecule has 3 aromatic rings. The second kappa shape index (κ2) is 10.2. The Bertz CT molecular complexity index is 1010. The van der Waals surface area contributed by atoms with Crippen molar-refractivity contribution in [1.82, 2.24) is 14.9 Å². The minimum atomic E-state index is -0.674. The van der Waals surface area contributed by atoms with Gasteiger partial charge >= 0.3 is 0 Å². The fraction of sp³-hybridized carbons (Fsp3) is 0.333. The Morgan fingerprint density at radius 3 is 2.76 bits per heavy atom. The minimum absolute atomic E-state index is 0.180. The molecule has 2 N–H and O–H groups in total. The summed E-state index contributed by atoms with van der Waals surface area (Å²) < 4.78 is 6.63. The first-order chi connectivity index (χ1) is 13.9. The largest absolute Gasteiger partial charge is 0.491 e. The standard InChI is InChI=1S/C21H23BrClN3O3/c1-2-9-26(11-16(27)13-29-17-6-3-14(22)4-7-17)12-20-24-19-10-15(23)5-8-18(19)21(28)25-20/h3-8,10,16,27H,2,9,11-13H2,1H3,(H,24,25,28)/t16-/m0/s1. The van der Waals surface area contributed by atoms with Gasteiger partial charge in [0.2, 0.25) is 0 Å². The molecule has 8 heteroatoms. The Labute approximate surface area is 182 Å². The van der Waals surface area contributed by atoms with Crippen LogP contribution in [-0.2, 0) is 6.54 Å². The number of rotatable bonds is 9. The van der Waals surface area contributed by atoms with Crippen molar-refractivity contribution in [2.75, 3.05) is 19.7 Å². The van der Waals surface area contributed by atoms with Gasteiger partial charge in [0.05, 0.1) is 17.4 Å². The predicted octanol–water partition coefficient (Wildman–Crippen LogP) is 3.99. The third kappa shape index (κ3) is 6.27. The first-order valence-corrected chi connectivity index (χ1v) is 10.6. The van der Waals surface area contributed by atoms with Gasteiger partial charge in [0.1, 0.15) is 24.3 Å². The number of aromatic amines is 1. The molecule has 0 aliphatic rings. The van der Waals surface area contributed by atoms with Gasteiger partial charge in [-0.15, -0.1) is 0 Å². The van der Waals surface area contributed by atoms with Crippen molar-refractivity contribution in [2.45, 2.75) is 26.0 Å². The molecule has 6 nitrogen and oxygen atoms in total. The molecule has 1 aromatic heterocycles. The van der Waals surface area contributed by atoms with Crippen LogP contribution in [0.1, 0.15) is 19.2 Å². The number of nitrogens with one attached hydrogen (secondary N) is 1. The Morgan fingerprint density at radius 2 is 2.03 bits per heavy atom. The second-order valence-corrected chi connectivity index (χ2v) is 8.18. The summed E-state index contributed by atoms with van der Waals surface area (Å²) in [4.78, 5) is 21.7. The van der Waals surface area contributed by atoms with Crippen LogP contribution in [-0.4, -0.2) is 45.8 Å². The third-order valence-corrected chi connectivity index (χ3v) is 5.12.